The molecule has 0 atom stereocenters. The summed E-state index contributed by atoms with van der Waals surface area (Å²) in [6.07, 6.45) is -0.602. The summed E-state index contributed by atoms with van der Waals surface area (Å²) in [5.41, 5.74) is 7.79. The van der Waals surface area contributed by atoms with E-state index in [1.807, 2.05) is 26.0 Å². The van der Waals surface area contributed by atoms with E-state index in [2.05, 4.69) is 10.6 Å². The molecule has 3 amide bonds. The smallest absolute Gasteiger partial charge is 0.322 e. The molecular formula is C22H29ClN4O4. The lowest BCUT2D eigenvalue weighted by Crippen LogP contribution is -2.47. The lowest BCUT2D eigenvalue weighted by Gasteiger charge is -2.27. The molecule has 2 rings (SSSR count). The van der Waals surface area contributed by atoms with Gasteiger partial charge in [0.15, 0.2) is 6.29 Å². The predicted octanol–water partition coefficient (Wildman–Crippen LogP) is 3.35. The van der Waals surface area contributed by atoms with E-state index in [1.165, 1.54) is 4.90 Å². The van der Waals surface area contributed by atoms with Gasteiger partial charge in [-0.15, -0.1) is 0 Å². The highest BCUT2D eigenvalue weighted by atomic mass is 35.5. The molecule has 0 unspecified atom stereocenters. The highest BCUT2D eigenvalue weighted by Crippen LogP contribution is 2.18. The van der Waals surface area contributed by atoms with E-state index >= 15 is 0 Å². The Morgan fingerprint density at radius 2 is 1.77 bits per heavy atom. The third kappa shape index (κ3) is 8.18. The molecule has 31 heavy (non-hydrogen) atoms. The van der Waals surface area contributed by atoms with Crippen molar-refractivity contribution in [3.05, 3.63) is 59.1 Å². The van der Waals surface area contributed by atoms with Gasteiger partial charge in [0.2, 0.25) is 5.91 Å². The number of carbonyl (C=O) groups is 2. The molecule has 0 aliphatic rings. The van der Waals surface area contributed by atoms with Crippen molar-refractivity contribution >= 4 is 34.9 Å². The fraction of sp³-hybridized carbons (Fsp3) is 0.364. The van der Waals surface area contributed by atoms with Crippen LogP contribution in [0.5, 0.6) is 0 Å². The first-order chi connectivity index (χ1) is 15.0. The van der Waals surface area contributed by atoms with E-state index in [-0.39, 0.29) is 19.0 Å². The van der Waals surface area contributed by atoms with Crippen LogP contribution in [0, 0.1) is 0 Å². The molecule has 168 valence electrons. The fourth-order valence-electron chi connectivity index (χ4n) is 2.81. The largest absolute Gasteiger partial charge is 0.351 e. The summed E-state index contributed by atoms with van der Waals surface area (Å²) in [5, 5.41) is 5.84. The molecule has 8 nitrogen and oxygen atoms in total. The Balaban J connectivity index is 2.07. The highest BCUT2D eigenvalue weighted by molar-refractivity contribution is 6.30. The van der Waals surface area contributed by atoms with Crippen molar-refractivity contribution in [1.29, 1.82) is 0 Å². The Labute approximate surface area is 187 Å². The Hall–Kier alpha value is -2.65. The number of halogens is 1. The lowest BCUT2D eigenvalue weighted by molar-refractivity contribution is -0.128. The minimum atomic E-state index is -0.602. The number of hydrogen-bond acceptors (Lipinski definition) is 5. The van der Waals surface area contributed by atoms with Gasteiger partial charge in [0.05, 0.1) is 13.1 Å². The first-order valence-electron chi connectivity index (χ1n) is 10.1. The van der Waals surface area contributed by atoms with Crippen LogP contribution in [0.1, 0.15) is 19.4 Å². The van der Waals surface area contributed by atoms with E-state index in [4.69, 9.17) is 26.8 Å². The van der Waals surface area contributed by atoms with Gasteiger partial charge < -0.3 is 25.8 Å². The number of nitrogens with one attached hydrogen (secondary N) is 2. The molecule has 4 N–H and O–H groups in total. The maximum Gasteiger partial charge on any atom is 0.322 e. The van der Waals surface area contributed by atoms with E-state index in [0.29, 0.717) is 36.2 Å². The van der Waals surface area contributed by atoms with E-state index in [9.17, 15) is 9.59 Å². The number of hydrogen-bond donors (Lipinski definition) is 3. The van der Waals surface area contributed by atoms with Crippen molar-refractivity contribution in [2.45, 2.75) is 26.7 Å². The molecule has 0 saturated carbocycles. The van der Waals surface area contributed by atoms with E-state index in [0.717, 1.165) is 5.56 Å². The molecule has 0 spiro atoms. The molecule has 0 fully saturated rings. The van der Waals surface area contributed by atoms with Gasteiger partial charge in [0.25, 0.3) is 0 Å². The summed E-state index contributed by atoms with van der Waals surface area (Å²) in [7, 11) is 0. The average Bonchev–Trinajstić information content (AvgIpc) is 2.76. The van der Waals surface area contributed by atoms with Crippen molar-refractivity contribution in [3.63, 3.8) is 0 Å². The van der Waals surface area contributed by atoms with Gasteiger partial charge in [-0.3, -0.25) is 9.69 Å². The molecule has 0 saturated heterocycles. The number of anilines is 2. The summed E-state index contributed by atoms with van der Waals surface area (Å²) in [5.74, 6) is -0.375. The number of amides is 3. The number of carbonyl (C=O) groups excluding carboxylic acids is 2. The van der Waals surface area contributed by atoms with Crippen LogP contribution in [0.25, 0.3) is 0 Å². The van der Waals surface area contributed by atoms with Crippen LogP contribution in [0.15, 0.2) is 48.5 Å². The zero-order valence-electron chi connectivity index (χ0n) is 17.8. The number of nitrogens with zero attached hydrogens (tertiary/aromatic N) is 1. The van der Waals surface area contributed by atoms with Crippen LogP contribution in [-0.4, -0.2) is 44.5 Å². The quantitative estimate of drug-likeness (QED) is 0.457. The molecule has 0 aliphatic carbocycles. The number of benzene rings is 2. The Morgan fingerprint density at radius 1 is 1.10 bits per heavy atom. The molecule has 0 radical (unpaired) electrons. The van der Waals surface area contributed by atoms with Crippen molar-refractivity contribution < 1.29 is 19.1 Å². The maximum absolute atomic E-state index is 12.9. The maximum atomic E-state index is 12.9. The highest BCUT2D eigenvalue weighted by Gasteiger charge is 2.22. The summed E-state index contributed by atoms with van der Waals surface area (Å²) >= 11 is 5.93. The SMILES string of the molecule is CCOC(CN(C(=O)NCC(=O)Nc1cccc(Cl)c1)c1ccc(CN)cc1)OCC. The van der Waals surface area contributed by atoms with Gasteiger partial charge >= 0.3 is 6.03 Å². The molecule has 0 bridgehead atoms. The lowest BCUT2D eigenvalue weighted by atomic mass is 10.2. The molecule has 0 aliphatic heterocycles. The topological polar surface area (TPSA) is 106 Å². The van der Waals surface area contributed by atoms with Crippen molar-refractivity contribution in [1.82, 2.24) is 5.32 Å². The molecule has 2 aromatic carbocycles. The number of urea groups is 1. The van der Waals surface area contributed by atoms with Gasteiger partial charge in [-0.25, -0.2) is 4.79 Å². The van der Waals surface area contributed by atoms with Crippen LogP contribution < -0.4 is 21.3 Å². The first-order valence-corrected chi connectivity index (χ1v) is 10.5. The van der Waals surface area contributed by atoms with Crippen LogP contribution >= 0.6 is 11.6 Å². The van der Waals surface area contributed by atoms with Crippen LogP contribution in [-0.2, 0) is 20.8 Å². The van der Waals surface area contributed by atoms with Crippen molar-refractivity contribution in [3.8, 4) is 0 Å². The van der Waals surface area contributed by atoms with Crippen molar-refractivity contribution in [2.24, 2.45) is 5.73 Å². The Kier molecular flexibility index (Phi) is 10.3. The Bertz CT molecular complexity index is 842. The van der Waals surface area contributed by atoms with E-state index < -0.39 is 12.3 Å². The number of nitrogens with two attached hydrogens (primary N) is 1. The second-order valence-corrected chi connectivity index (χ2v) is 6.98. The number of ether oxygens (including phenoxy) is 2. The zero-order valence-corrected chi connectivity index (χ0v) is 18.5. The molecule has 9 heteroatoms. The third-order valence-electron chi connectivity index (χ3n) is 4.27. The van der Waals surface area contributed by atoms with Crippen molar-refractivity contribution in [2.75, 3.05) is 36.5 Å². The predicted molar refractivity (Wildman–Crippen MR) is 122 cm³/mol. The second-order valence-electron chi connectivity index (χ2n) is 6.54. The summed E-state index contributed by atoms with van der Waals surface area (Å²) in [6, 6.07) is 13.6. The average molecular weight is 449 g/mol. The standard InChI is InChI=1S/C22H29ClN4O4/c1-3-30-21(31-4-2)15-27(19-10-8-16(13-24)9-11-19)22(29)25-14-20(28)26-18-7-5-6-17(23)12-18/h5-12,21H,3-4,13-15,24H2,1-2H3,(H,25,29)(H,26,28). The number of rotatable bonds is 11. The normalized spacial score (nSPS) is 10.7. The molecule has 2 aromatic rings. The monoisotopic (exact) mass is 448 g/mol. The molecular weight excluding hydrogens is 420 g/mol. The van der Waals surface area contributed by atoms with Crippen LogP contribution in [0.3, 0.4) is 0 Å². The second kappa shape index (κ2) is 12.9. The van der Waals surface area contributed by atoms with Gasteiger partial charge in [-0.2, -0.15) is 0 Å². The van der Waals surface area contributed by atoms with E-state index in [1.54, 1.807) is 36.4 Å². The first kappa shape index (κ1) is 24.6. The summed E-state index contributed by atoms with van der Waals surface area (Å²) in [4.78, 5) is 26.7. The summed E-state index contributed by atoms with van der Waals surface area (Å²) < 4.78 is 11.2. The fourth-order valence-corrected chi connectivity index (χ4v) is 3.00. The Morgan fingerprint density at radius 3 is 2.35 bits per heavy atom. The summed E-state index contributed by atoms with van der Waals surface area (Å²) in [6.45, 7) is 4.93. The van der Waals surface area contributed by atoms with Crippen LogP contribution in [0.4, 0.5) is 16.2 Å². The minimum Gasteiger partial charge on any atom is -0.351 e. The molecule has 0 heterocycles. The van der Waals surface area contributed by atoms with Gasteiger partial charge in [-0.05, 0) is 49.7 Å². The minimum absolute atomic E-state index is 0.158. The van der Waals surface area contributed by atoms with Gasteiger partial charge in [0.1, 0.15) is 0 Å². The van der Waals surface area contributed by atoms with Gasteiger partial charge in [-0.1, -0.05) is 29.8 Å². The third-order valence-corrected chi connectivity index (χ3v) is 4.51. The molecule has 0 aromatic heterocycles. The van der Waals surface area contributed by atoms with Crippen LogP contribution in [0.2, 0.25) is 5.02 Å². The van der Waals surface area contributed by atoms with Gasteiger partial charge in [0, 0.05) is 36.2 Å². The zero-order chi connectivity index (χ0) is 22.6.